The van der Waals surface area contributed by atoms with Crippen LogP contribution in [0.1, 0.15) is 48.8 Å². The number of thiazole rings is 1. The first-order valence-electron chi connectivity index (χ1n) is 13.1. The lowest BCUT2D eigenvalue weighted by atomic mass is 9.99. The number of hydrogen-bond acceptors (Lipinski definition) is 10. The van der Waals surface area contributed by atoms with Crippen LogP contribution >= 0.6 is 11.3 Å². The van der Waals surface area contributed by atoms with Crippen molar-refractivity contribution >= 4 is 44.2 Å². The summed E-state index contributed by atoms with van der Waals surface area (Å²) in [7, 11) is 0. The zero-order chi connectivity index (χ0) is 26.2. The summed E-state index contributed by atoms with van der Waals surface area (Å²) in [5.74, 6) is 1.40. The average Bonchev–Trinajstić information content (AvgIpc) is 3.57. The Morgan fingerprint density at radius 1 is 1.13 bits per heavy atom. The Balaban J connectivity index is 1.31. The summed E-state index contributed by atoms with van der Waals surface area (Å²) in [5.41, 5.74) is 3.10. The molecule has 11 heteroatoms. The number of rotatable bonds is 5. The van der Waals surface area contributed by atoms with Gasteiger partial charge in [-0.1, -0.05) is 18.3 Å². The SMILES string of the molecule is Cc1cc(-c2nc(C(=O)Nc3cc4sc(N5CCCC(O)C5)nc4nc3N3CCC(C)CC3)co2)ccn1. The van der Waals surface area contributed by atoms with Crippen molar-refractivity contribution < 1.29 is 14.3 Å². The van der Waals surface area contributed by atoms with Crippen LogP contribution in [-0.4, -0.2) is 63.2 Å². The zero-order valence-electron chi connectivity index (χ0n) is 21.6. The van der Waals surface area contributed by atoms with Gasteiger partial charge in [-0.3, -0.25) is 9.78 Å². The van der Waals surface area contributed by atoms with Crippen LogP contribution in [0.5, 0.6) is 0 Å². The summed E-state index contributed by atoms with van der Waals surface area (Å²) in [6.07, 6.45) is 6.61. The normalized spacial score (nSPS) is 18.8. The Hall–Kier alpha value is -3.57. The lowest BCUT2D eigenvalue weighted by molar-refractivity contribution is 0.102. The monoisotopic (exact) mass is 533 g/mol. The second kappa shape index (κ2) is 10.3. The van der Waals surface area contributed by atoms with E-state index in [-0.39, 0.29) is 17.7 Å². The van der Waals surface area contributed by atoms with E-state index in [0.717, 1.165) is 72.2 Å². The molecule has 2 N–H and O–H groups in total. The topological polar surface area (TPSA) is 121 Å². The number of β-amino-alcohol motifs (C(OH)–C–C–N with tert-alkyl or cyclic N) is 1. The van der Waals surface area contributed by atoms with Gasteiger partial charge in [-0.2, -0.15) is 4.98 Å². The number of carbonyl (C=O) groups excluding carboxylic acids is 1. The van der Waals surface area contributed by atoms with Crippen LogP contribution in [0.25, 0.3) is 21.8 Å². The van der Waals surface area contributed by atoms with E-state index in [2.05, 4.69) is 32.0 Å². The highest BCUT2D eigenvalue weighted by atomic mass is 32.1. The number of pyridine rings is 2. The van der Waals surface area contributed by atoms with Gasteiger partial charge < -0.3 is 24.6 Å². The quantitative estimate of drug-likeness (QED) is 0.382. The molecule has 4 aromatic heterocycles. The first kappa shape index (κ1) is 24.7. The number of aliphatic hydroxyl groups is 1. The summed E-state index contributed by atoms with van der Waals surface area (Å²) >= 11 is 1.53. The van der Waals surface area contributed by atoms with Crippen molar-refractivity contribution in [3.8, 4) is 11.5 Å². The van der Waals surface area contributed by atoms with E-state index in [1.807, 2.05) is 19.1 Å². The number of aliphatic hydroxyl groups excluding tert-OH is 1. The van der Waals surface area contributed by atoms with E-state index in [0.29, 0.717) is 29.7 Å². The molecule has 10 nitrogen and oxygen atoms in total. The number of anilines is 3. The van der Waals surface area contributed by atoms with Crippen LogP contribution in [0, 0.1) is 12.8 Å². The number of aromatic nitrogens is 4. The van der Waals surface area contributed by atoms with Crippen molar-refractivity contribution in [2.24, 2.45) is 5.92 Å². The van der Waals surface area contributed by atoms with Gasteiger partial charge in [0.25, 0.3) is 5.91 Å². The predicted molar refractivity (Wildman–Crippen MR) is 148 cm³/mol. The second-order valence-corrected chi connectivity index (χ2v) is 11.3. The Morgan fingerprint density at radius 3 is 2.76 bits per heavy atom. The molecule has 38 heavy (non-hydrogen) atoms. The minimum absolute atomic E-state index is 0.195. The molecule has 0 aromatic carbocycles. The molecule has 4 aromatic rings. The lowest BCUT2D eigenvalue weighted by Crippen LogP contribution is -2.38. The van der Waals surface area contributed by atoms with E-state index < -0.39 is 0 Å². The third-order valence-electron chi connectivity index (χ3n) is 7.23. The van der Waals surface area contributed by atoms with Crippen LogP contribution in [-0.2, 0) is 0 Å². The molecule has 1 amide bonds. The van der Waals surface area contributed by atoms with E-state index >= 15 is 0 Å². The van der Waals surface area contributed by atoms with E-state index in [9.17, 15) is 9.90 Å². The molecule has 2 saturated heterocycles. The third kappa shape index (κ3) is 5.08. The smallest absolute Gasteiger partial charge is 0.277 e. The van der Waals surface area contributed by atoms with E-state index in [1.165, 1.54) is 17.6 Å². The number of nitrogens with one attached hydrogen (secondary N) is 1. The van der Waals surface area contributed by atoms with Gasteiger partial charge in [-0.05, 0) is 56.7 Å². The number of fused-ring (bicyclic) bond motifs is 1. The van der Waals surface area contributed by atoms with Gasteiger partial charge in [0.2, 0.25) is 5.89 Å². The maximum Gasteiger partial charge on any atom is 0.277 e. The van der Waals surface area contributed by atoms with Gasteiger partial charge in [0.05, 0.1) is 16.5 Å². The van der Waals surface area contributed by atoms with Gasteiger partial charge in [-0.15, -0.1) is 0 Å². The summed E-state index contributed by atoms with van der Waals surface area (Å²) in [5, 5.41) is 14.0. The van der Waals surface area contributed by atoms with Gasteiger partial charge in [-0.25, -0.2) is 9.97 Å². The highest BCUT2D eigenvalue weighted by molar-refractivity contribution is 7.22. The number of aryl methyl sites for hydroxylation is 1. The number of oxazole rings is 1. The predicted octanol–water partition coefficient (Wildman–Crippen LogP) is 4.50. The zero-order valence-corrected chi connectivity index (χ0v) is 22.4. The maximum atomic E-state index is 13.3. The molecule has 1 atom stereocenters. The summed E-state index contributed by atoms with van der Waals surface area (Å²) in [4.78, 5) is 36.0. The summed E-state index contributed by atoms with van der Waals surface area (Å²) in [6.45, 7) is 7.34. The van der Waals surface area contributed by atoms with Crippen molar-refractivity contribution in [3.05, 3.63) is 42.0 Å². The standard InChI is InChI=1S/C27H31N7O3S/c1-16-6-10-33(11-7-16)24-20(13-22-23(31-24)32-27(38-22)34-9-3-4-19(35)14-34)29-25(36)21-15-37-26(30-21)18-5-8-28-17(2)12-18/h5,8,12-13,15-16,19,35H,3-4,6-7,9-11,14H2,1-2H3,(H,29,36). The van der Waals surface area contributed by atoms with Crippen LogP contribution in [0.15, 0.2) is 35.1 Å². The van der Waals surface area contributed by atoms with E-state index in [1.54, 1.807) is 12.3 Å². The van der Waals surface area contributed by atoms with Gasteiger partial charge in [0.15, 0.2) is 22.3 Å². The highest BCUT2D eigenvalue weighted by Gasteiger charge is 2.25. The molecular weight excluding hydrogens is 502 g/mol. The fourth-order valence-corrected chi connectivity index (χ4v) is 6.02. The van der Waals surface area contributed by atoms with Crippen LogP contribution < -0.4 is 15.1 Å². The Kier molecular flexibility index (Phi) is 6.71. The van der Waals surface area contributed by atoms with Crippen molar-refractivity contribution in [3.63, 3.8) is 0 Å². The number of piperidine rings is 2. The maximum absolute atomic E-state index is 13.3. The van der Waals surface area contributed by atoms with E-state index in [4.69, 9.17) is 14.4 Å². The van der Waals surface area contributed by atoms with Gasteiger partial charge in [0, 0.05) is 43.6 Å². The molecule has 0 aliphatic carbocycles. The van der Waals surface area contributed by atoms with Crippen molar-refractivity contribution in [2.75, 3.05) is 41.3 Å². The Labute approximate surface area is 224 Å². The van der Waals surface area contributed by atoms with Gasteiger partial charge in [0.1, 0.15) is 6.26 Å². The van der Waals surface area contributed by atoms with Crippen LogP contribution in [0.2, 0.25) is 0 Å². The molecule has 0 radical (unpaired) electrons. The molecule has 1 unspecified atom stereocenters. The summed E-state index contributed by atoms with van der Waals surface area (Å²) in [6, 6.07) is 5.63. The van der Waals surface area contributed by atoms with Gasteiger partial charge >= 0.3 is 0 Å². The third-order valence-corrected chi connectivity index (χ3v) is 8.28. The minimum atomic E-state index is -0.359. The van der Waals surface area contributed by atoms with Crippen molar-refractivity contribution in [2.45, 2.75) is 45.6 Å². The molecule has 2 aliphatic heterocycles. The largest absolute Gasteiger partial charge is 0.444 e. The second-order valence-electron chi connectivity index (χ2n) is 10.3. The molecule has 2 fully saturated rings. The Morgan fingerprint density at radius 2 is 1.97 bits per heavy atom. The fourth-order valence-electron chi connectivity index (χ4n) is 5.04. The first-order chi connectivity index (χ1) is 18.4. The first-order valence-corrected chi connectivity index (χ1v) is 13.9. The minimum Gasteiger partial charge on any atom is -0.444 e. The number of hydrogen-bond donors (Lipinski definition) is 2. The molecule has 198 valence electrons. The number of nitrogens with zero attached hydrogens (tertiary/aromatic N) is 6. The molecule has 0 spiro atoms. The molecule has 2 aliphatic rings. The van der Waals surface area contributed by atoms with Crippen LogP contribution in [0.4, 0.5) is 16.6 Å². The number of carbonyl (C=O) groups is 1. The molecule has 0 saturated carbocycles. The molecular formula is C27H31N7O3S. The average molecular weight is 534 g/mol. The molecule has 6 heterocycles. The molecule has 6 rings (SSSR count). The Bertz CT molecular complexity index is 1460. The molecule has 0 bridgehead atoms. The fraction of sp³-hybridized carbons (Fsp3) is 0.444. The highest BCUT2D eigenvalue weighted by Crippen LogP contribution is 2.36. The number of amides is 1. The lowest BCUT2D eigenvalue weighted by Gasteiger charge is -2.32. The van der Waals surface area contributed by atoms with Crippen molar-refractivity contribution in [1.82, 2.24) is 19.9 Å². The van der Waals surface area contributed by atoms with Crippen molar-refractivity contribution in [1.29, 1.82) is 0 Å². The van der Waals surface area contributed by atoms with Crippen LogP contribution in [0.3, 0.4) is 0 Å². The summed E-state index contributed by atoms with van der Waals surface area (Å²) < 4.78 is 6.50.